The summed E-state index contributed by atoms with van der Waals surface area (Å²) in [5.41, 5.74) is 11.2. The van der Waals surface area contributed by atoms with Gasteiger partial charge >= 0.3 is 0 Å². The minimum Gasteiger partial charge on any atom is -0.385 e. The van der Waals surface area contributed by atoms with Gasteiger partial charge in [-0.1, -0.05) is 5.11 Å². The molecule has 3 atom stereocenters. The molecular formula is C16H18N6O2S. The Balaban J connectivity index is 1.76. The third kappa shape index (κ3) is 2.85. The van der Waals surface area contributed by atoms with Crippen molar-refractivity contribution in [2.24, 2.45) is 5.11 Å². The summed E-state index contributed by atoms with van der Waals surface area (Å²) < 4.78 is 9.08. The standard InChI is InChI=1S/C16H18N6O2S/c1-9(23)16-20-13-7-18-12-4-5-25-15(12)14(13)22(16)10-2-3-11(24-8-10)6-19-21-17/h4-5,7,9-11,23H,2-3,6,8H2,1H3/t9-,10+,11-/m1/s1. The highest BCUT2D eigenvalue weighted by atomic mass is 32.1. The van der Waals surface area contributed by atoms with E-state index in [9.17, 15) is 5.11 Å². The van der Waals surface area contributed by atoms with Crippen LogP contribution in [0.3, 0.4) is 0 Å². The lowest BCUT2D eigenvalue weighted by molar-refractivity contribution is -0.00697. The summed E-state index contributed by atoms with van der Waals surface area (Å²) >= 11 is 1.63. The maximum absolute atomic E-state index is 10.2. The van der Waals surface area contributed by atoms with Gasteiger partial charge < -0.3 is 14.4 Å². The molecule has 1 fully saturated rings. The number of aliphatic hydroxyl groups is 1. The fourth-order valence-electron chi connectivity index (χ4n) is 3.43. The first-order chi connectivity index (χ1) is 12.2. The molecule has 1 aliphatic heterocycles. The van der Waals surface area contributed by atoms with Gasteiger partial charge in [-0.15, -0.1) is 11.3 Å². The molecule has 0 unspecified atom stereocenters. The molecule has 0 spiro atoms. The summed E-state index contributed by atoms with van der Waals surface area (Å²) in [5.74, 6) is 0.639. The Morgan fingerprint density at radius 2 is 2.40 bits per heavy atom. The molecule has 1 N–H and O–H groups in total. The van der Waals surface area contributed by atoms with Gasteiger partial charge in [-0.3, -0.25) is 4.98 Å². The molecule has 8 nitrogen and oxygen atoms in total. The summed E-state index contributed by atoms with van der Waals surface area (Å²) in [4.78, 5) is 11.9. The van der Waals surface area contributed by atoms with Gasteiger partial charge in [0.2, 0.25) is 0 Å². The van der Waals surface area contributed by atoms with Crippen molar-refractivity contribution in [1.29, 1.82) is 0 Å². The fourth-order valence-corrected chi connectivity index (χ4v) is 4.32. The zero-order chi connectivity index (χ0) is 17.4. The van der Waals surface area contributed by atoms with Crippen LogP contribution in [0.2, 0.25) is 0 Å². The number of azide groups is 1. The fraction of sp³-hybridized carbons (Fsp3) is 0.500. The number of aliphatic hydroxyl groups excluding tert-OH is 1. The molecule has 0 bridgehead atoms. The predicted molar refractivity (Wildman–Crippen MR) is 95.6 cm³/mol. The van der Waals surface area contributed by atoms with Crippen LogP contribution in [0.1, 0.15) is 37.7 Å². The number of aromatic nitrogens is 3. The number of ether oxygens (including phenoxy) is 1. The van der Waals surface area contributed by atoms with Crippen LogP contribution in [0.25, 0.3) is 31.7 Å². The molecule has 0 aliphatic carbocycles. The van der Waals surface area contributed by atoms with Crippen molar-refractivity contribution in [3.05, 3.63) is 33.9 Å². The van der Waals surface area contributed by atoms with E-state index in [1.807, 2.05) is 11.4 Å². The minimum absolute atomic E-state index is 0.0413. The van der Waals surface area contributed by atoms with Crippen LogP contribution >= 0.6 is 11.3 Å². The number of rotatable bonds is 4. The third-order valence-electron chi connectivity index (χ3n) is 4.58. The van der Waals surface area contributed by atoms with E-state index >= 15 is 0 Å². The average Bonchev–Trinajstić information content (AvgIpc) is 3.24. The lowest BCUT2D eigenvalue weighted by atomic mass is 10.0. The second-order valence-electron chi connectivity index (χ2n) is 6.24. The number of fused-ring (bicyclic) bond motifs is 3. The Hall–Kier alpha value is -2.19. The quantitative estimate of drug-likeness (QED) is 0.435. The Labute approximate surface area is 147 Å². The van der Waals surface area contributed by atoms with E-state index in [0.29, 0.717) is 19.0 Å². The number of hydrogen-bond donors (Lipinski definition) is 1. The SMILES string of the molecule is C[C@@H](O)c1nc2cnc3ccsc3c2n1[C@H]1CC[C@H](CN=[N+]=[N-])OC1. The van der Waals surface area contributed by atoms with Crippen LogP contribution in [0.5, 0.6) is 0 Å². The van der Waals surface area contributed by atoms with E-state index < -0.39 is 6.10 Å². The topological polar surface area (TPSA) is 109 Å². The number of pyridine rings is 1. The normalized spacial score (nSPS) is 22.2. The van der Waals surface area contributed by atoms with Crippen molar-refractivity contribution >= 4 is 32.6 Å². The van der Waals surface area contributed by atoms with Crippen LogP contribution in [0.4, 0.5) is 0 Å². The van der Waals surface area contributed by atoms with Gasteiger partial charge in [-0.2, -0.15) is 0 Å². The smallest absolute Gasteiger partial charge is 0.139 e. The number of imidazole rings is 1. The highest BCUT2D eigenvalue weighted by Crippen LogP contribution is 2.35. The van der Waals surface area contributed by atoms with Crippen LogP contribution in [-0.2, 0) is 4.74 Å². The van der Waals surface area contributed by atoms with Crippen molar-refractivity contribution in [2.75, 3.05) is 13.2 Å². The molecule has 3 aromatic rings. The zero-order valence-electron chi connectivity index (χ0n) is 13.7. The van der Waals surface area contributed by atoms with E-state index in [2.05, 4.69) is 24.6 Å². The second-order valence-corrected chi connectivity index (χ2v) is 7.16. The summed E-state index contributed by atoms with van der Waals surface area (Å²) in [5, 5.41) is 15.9. The predicted octanol–water partition coefficient (Wildman–Crippen LogP) is 3.73. The van der Waals surface area contributed by atoms with E-state index in [4.69, 9.17) is 10.3 Å². The molecule has 0 saturated carbocycles. The summed E-state index contributed by atoms with van der Waals surface area (Å²) in [6.45, 7) is 2.59. The van der Waals surface area contributed by atoms with Crippen molar-refractivity contribution < 1.29 is 9.84 Å². The van der Waals surface area contributed by atoms with Gasteiger partial charge in [0.15, 0.2) is 0 Å². The Morgan fingerprint density at radius 3 is 3.12 bits per heavy atom. The summed E-state index contributed by atoms with van der Waals surface area (Å²) in [6, 6.07) is 2.08. The highest BCUT2D eigenvalue weighted by Gasteiger charge is 2.28. The molecule has 1 saturated heterocycles. The maximum atomic E-state index is 10.2. The molecular weight excluding hydrogens is 340 g/mol. The molecule has 25 heavy (non-hydrogen) atoms. The molecule has 3 aromatic heterocycles. The van der Waals surface area contributed by atoms with Gasteiger partial charge in [0.25, 0.3) is 0 Å². The van der Waals surface area contributed by atoms with Crippen molar-refractivity contribution in [1.82, 2.24) is 14.5 Å². The van der Waals surface area contributed by atoms with E-state index in [1.165, 1.54) is 0 Å². The van der Waals surface area contributed by atoms with Crippen molar-refractivity contribution in [3.8, 4) is 0 Å². The van der Waals surface area contributed by atoms with E-state index in [-0.39, 0.29) is 12.1 Å². The molecule has 9 heteroatoms. The van der Waals surface area contributed by atoms with Crippen molar-refractivity contribution in [3.63, 3.8) is 0 Å². The van der Waals surface area contributed by atoms with Crippen LogP contribution < -0.4 is 0 Å². The van der Waals surface area contributed by atoms with Gasteiger partial charge in [-0.25, -0.2) is 4.98 Å². The molecule has 0 radical (unpaired) electrons. The zero-order valence-corrected chi connectivity index (χ0v) is 14.6. The third-order valence-corrected chi connectivity index (χ3v) is 5.49. The Kier molecular flexibility index (Phi) is 4.30. The molecule has 0 amide bonds. The first-order valence-electron chi connectivity index (χ1n) is 8.23. The summed E-state index contributed by atoms with van der Waals surface area (Å²) in [6.07, 6.45) is 2.73. The lowest BCUT2D eigenvalue weighted by Crippen LogP contribution is -2.30. The molecule has 4 rings (SSSR count). The first kappa shape index (κ1) is 16.3. The van der Waals surface area contributed by atoms with Crippen LogP contribution in [0.15, 0.2) is 22.8 Å². The van der Waals surface area contributed by atoms with Gasteiger partial charge in [-0.05, 0) is 36.7 Å². The minimum atomic E-state index is -0.677. The maximum Gasteiger partial charge on any atom is 0.139 e. The molecule has 130 valence electrons. The molecule has 4 heterocycles. The lowest BCUT2D eigenvalue weighted by Gasteiger charge is -2.31. The van der Waals surface area contributed by atoms with Gasteiger partial charge in [0.1, 0.15) is 17.4 Å². The largest absolute Gasteiger partial charge is 0.385 e. The monoisotopic (exact) mass is 358 g/mol. The number of thiophene rings is 1. The Bertz CT molecular complexity index is 950. The highest BCUT2D eigenvalue weighted by molar-refractivity contribution is 7.18. The second kappa shape index (κ2) is 6.61. The van der Waals surface area contributed by atoms with Crippen molar-refractivity contribution in [2.45, 2.75) is 38.0 Å². The first-order valence-corrected chi connectivity index (χ1v) is 9.11. The molecule has 0 aromatic carbocycles. The van der Waals surface area contributed by atoms with Gasteiger partial charge in [0, 0.05) is 4.91 Å². The van der Waals surface area contributed by atoms with Crippen LogP contribution in [-0.4, -0.2) is 38.9 Å². The van der Waals surface area contributed by atoms with E-state index in [1.54, 1.807) is 24.5 Å². The molecule has 1 aliphatic rings. The number of hydrogen-bond acceptors (Lipinski definition) is 6. The van der Waals surface area contributed by atoms with Gasteiger partial charge in [0.05, 0.1) is 47.2 Å². The van der Waals surface area contributed by atoms with Crippen LogP contribution in [0, 0.1) is 0 Å². The average molecular weight is 358 g/mol. The Morgan fingerprint density at radius 1 is 1.52 bits per heavy atom. The van der Waals surface area contributed by atoms with E-state index in [0.717, 1.165) is 34.1 Å². The summed E-state index contributed by atoms with van der Waals surface area (Å²) in [7, 11) is 0. The number of nitrogens with zero attached hydrogens (tertiary/aromatic N) is 6.